The van der Waals surface area contributed by atoms with Crippen molar-refractivity contribution in [1.29, 1.82) is 0 Å². The summed E-state index contributed by atoms with van der Waals surface area (Å²) in [5.74, 6) is 0.0176. The van der Waals surface area contributed by atoms with Gasteiger partial charge in [-0.05, 0) is 30.9 Å². The summed E-state index contributed by atoms with van der Waals surface area (Å²) in [5, 5.41) is 2.90. The van der Waals surface area contributed by atoms with E-state index in [0.29, 0.717) is 18.7 Å². The van der Waals surface area contributed by atoms with Crippen molar-refractivity contribution in [3.63, 3.8) is 0 Å². The SMILES string of the molecule is CC(=O)N1CCCC1c1cncc(CNC(=O)Cc2ccccc2C)n1. The summed E-state index contributed by atoms with van der Waals surface area (Å²) in [5.41, 5.74) is 3.63. The Labute approximate surface area is 153 Å². The molecule has 1 fully saturated rings. The van der Waals surface area contributed by atoms with Gasteiger partial charge in [-0.2, -0.15) is 0 Å². The summed E-state index contributed by atoms with van der Waals surface area (Å²) in [6.07, 6.45) is 5.59. The number of hydrogen-bond acceptors (Lipinski definition) is 4. The number of benzene rings is 1. The molecule has 2 aromatic rings. The molecule has 1 aromatic heterocycles. The number of nitrogens with one attached hydrogen (secondary N) is 1. The summed E-state index contributed by atoms with van der Waals surface area (Å²) in [7, 11) is 0. The Morgan fingerprint density at radius 3 is 2.85 bits per heavy atom. The third-order valence-corrected chi connectivity index (χ3v) is 4.78. The standard InChI is InChI=1S/C20H24N4O2/c1-14-6-3-4-7-16(14)10-20(26)22-12-17-11-21-13-18(23-17)19-8-5-9-24(19)15(2)25/h3-4,6-7,11,13,19H,5,8-10,12H2,1-2H3,(H,22,26). The van der Waals surface area contributed by atoms with Gasteiger partial charge in [0.15, 0.2) is 0 Å². The van der Waals surface area contributed by atoms with Crippen LogP contribution in [0.15, 0.2) is 36.7 Å². The van der Waals surface area contributed by atoms with Crippen molar-refractivity contribution in [1.82, 2.24) is 20.2 Å². The van der Waals surface area contributed by atoms with Gasteiger partial charge < -0.3 is 10.2 Å². The topological polar surface area (TPSA) is 75.2 Å². The lowest BCUT2D eigenvalue weighted by molar-refractivity contribution is -0.129. The van der Waals surface area contributed by atoms with E-state index in [-0.39, 0.29) is 17.9 Å². The van der Waals surface area contributed by atoms with Crippen molar-refractivity contribution in [3.8, 4) is 0 Å². The molecule has 2 heterocycles. The van der Waals surface area contributed by atoms with Crippen LogP contribution < -0.4 is 5.32 Å². The largest absolute Gasteiger partial charge is 0.350 e. The first kappa shape index (κ1) is 18.0. The predicted molar refractivity (Wildman–Crippen MR) is 98.1 cm³/mol. The van der Waals surface area contributed by atoms with Gasteiger partial charge in [-0.25, -0.2) is 0 Å². The zero-order valence-electron chi connectivity index (χ0n) is 15.2. The molecule has 0 spiro atoms. The maximum Gasteiger partial charge on any atom is 0.224 e. The van der Waals surface area contributed by atoms with E-state index in [1.807, 2.05) is 36.1 Å². The monoisotopic (exact) mass is 352 g/mol. The average molecular weight is 352 g/mol. The van der Waals surface area contributed by atoms with Crippen molar-refractivity contribution < 1.29 is 9.59 Å². The summed E-state index contributed by atoms with van der Waals surface area (Å²) in [4.78, 5) is 34.7. The molecular weight excluding hydrogens is 328 g/mol. The van der Waals surface area contributed by atoms with Crippen molar-refractivity contribution in [2.24, 2.45) is 0 Å². The van der Waals surface area contributed by atoms with E-state index < -0.39 is 0 Å². The summed E-state index contributed by atoms with van der Waals surface area (Å²) >= 11 is 0. The molecule has 0 aliphatic carbocycles. The lowest BCUT2D eigenvalue weighted by atomic mass is 10.1. The molecule has 0 bridgehead atoms. The lowest BCUT2D eigenvalue weighted by Gasteiger charge is -2.22. The van der Waals surface area contributed by atoms with Crippen LogP contribution in [0.5, 0.6) is 0 Å². The highest BCUT2D eigenvalue weighted by atomic mass is 16.2. The maximum atomic E-state index is 12.2. The van der Waals surface area contributed by atoms with E-state index >= 15 is 0 Å². The molecule has 0 saturated carbocycles. The van der Waals surface area contributed by atoms with E-state index in [0.717, 1.165) is 36.2 Å². The number of hydrogen-bond donors (Lipinski definition) is 1. The third kappa shape index (κ3) is 4.25. The van der Waals surface area contributed by atoms with E-state index in [1.54, 1.807) is 19.3 Å². The molecule has 2 amide bonds. The summed E-state index contributed by atoms with van der Waals surface area (Å²) in [6.45, 7) is 4.68. The van der Waals surface area contributed by atoms with Crippen LogP contribution in [-0.4, -0.2) is 33.2 Å². The Balaban J connectivity index is 1.61. The normalized spacial score (nSPS) is 16.5. The van der Waals surface area contributed by atoms with Crippen LogP contribution in [0.1, 0.15) is 48.3 Å². The van der Waals surface area contributed by atoms with Crippen LogP contribution in [0.3, 0.4) is 0 Å². The van der Waals surface area contributed by atoms with E-state index in [9.17, 15) is 9.59 Å². The number of nitrogens with zero attached hydrogens (tertiary/aromatic N) is 3. The van der Waals surface area contributed by atoms with E-state index in [4.69, 9.17) is 0 Å². The first-order valence-corrected chi connectivity index (χ1v) is 8.94. The minimum Gasteiger partial charge on any atom is -0.350 e. The van der Waals surface area contributed by atoms with Crippen LogP contribution >= 0.6 is 0 Å². The molecule has 1 aliphatic heterocycles. The molecule has 3 rings (SSSR count). The zero-order valence-corrected chi connectivity index (χ0v) is 15.2. The number of carbonyl (C=O) groups is 2. The Bertz CT molecular complexity index is 806. The second kappa shape index (κ2) is 8.08. The van der Waals surface area contributed by atoms with Gasteiger partial charge in [-0.3, -0.25) is 19.6 Å². The van der Waals surface area contributed by atoms with Gasteiger partial charge in [0, 0.05) is 13.5 Å². The third-order valence-electron chi connectivity index (χ3n) is 4.78. The van der Waals surface area contributed by atoms with Crippen LogP contribution in [0.25, 0.3) is 0 Å². The molecular formula is C20H24N4O2. The van der Waals surface area contributed by atoms with Gasteiger partial charge >= 0.3 is 0 Å². The number of aryl methyl sites for hydroxylation is 1. The van der Waals surface area contributed by atoms with Gasteiger partial charge in [0.25, 0.3) is 0 Å². The molecule has 26 heavy (non-hydrogen) atoms. The van der Waals surface area contributed by atoms with Crippen molar-refractivity contribution >= 4 is 11.8 Å². The van der Waals surface area contributed by atoms with Crippen molar-refractivity contribution in [2.45, 2.75) is 45.7 Å². The van der Waals surface area contributed by atoms with Gasteiger partial charge in [0.05, 0.1) is 42.8 Å². The summed E-state index contributed by atoms with van der Waals surface area (Å²) < 4.78 is 0. The minimum atomic E-state index is -0.0438. The first-order valence-electron chi connectivity index (χ1n) is 8.94. The molecule has 136 valence electrons. The summed E-state index contributed by atoms with van der Waals surface area (Å²) in [6, 6.07) is 7.85. The quantitative estimate of drug-likeness (QED) is 0.896. The number of likely N-dealkylation sites (tertiary alicyclic amines) is 1. The number of carbonyl (C=O) groups excluding carboxylic acids is 2. The highest BCUT2D eigenvalue weighted by Gasteiger charge is 2.29. The fraction of sp³-hybridized carbons (Fsp3) is 0.400. The first-order chi connectivity index (χ1) is 12.5. The molecule has 1 saturated heterocycles. The molecule has 6 nitrogen and oxygen atoms in total. The predicted octanol–water partition coefficient (Wildman–Crippen LogP) is 2.33. The van der Waals surface area contributed by atoms with Crippen LogP contribution in [-0.2, 0) is 22.6 Å². The average Bonchev–Trinajstić information content (AvgIpc) is 3.12. The van der Waals surface area contributed by atoms with Crippen molar-refractivity contribution in [3.05, 3.63) is 59.2 Å². The molecule has 0 radical (unpaired) electrons. The second-order valence-corrected chi connectivity index (χ2v) is 6.69. The fourth-order valence-corrected chi connectivity index (χ4v) is 3.35. The Morgan fingerprint density at radius 1 is 1.27 bits per heavy atom. The second-order valence-electron chi connectivity index (χ2n) is 6.69. The minimum absolute atomic E-state index is 0.0115. The molecule has 1 N–H and O–H groups in total. The Kier molecular flexibility index (Phi) is 5.61. The molecule has 6 heteroatoms. The highest BCUT2D eigenvalue weighted by molar-refractivity contribution is 5.78. The van der Waals surface area contributed by atoms with Crippen molar-refractivity contribution in [2.75, 3.05) is 6.54 Å². The molecule has 1 unspecified atom stereocenters. The fourth-order valence-electron chi connectivity index (χ4n) is 3.35. The smallest absolute Gasteiger partial charge is 0.224 e. The van der Waals surface area contributed by atoms with E-state index in [1.165, 1.54) is 0 Å². The number of aromatic nitrogens is 2. The van der Waals surface area contributed by atoms with Gasteiger partial charge in [-0.1, -0.05) is 24.3 Å². The zero-order chi connectivity index (χ0) is 18.5. The van der Waals surface area contributed by atoms with Gasteiger partial charge in [0.1, 0.15) is 0 Å². The van der Waals surface area contributed by atoms with Gasteiger partial charge in [0.2, 0.25) is 11.8 Å². The molecule has 1 aromatic carbocycles. The maximum absolute atomic E-state index is 12.2. The van der Waals surface area contributed by atoms with Crippen LogP contribution in [0, 0.1) is 6.92 Å². The number of amides is 2. The lowest BCUT2D eigenvalue weighted by Crippen LogP contribution is -2.29. The van der Waals surface area contributed by atoms with Gasteiger partial charge in [-0.15, -0.1) is 0 Å². The highest BCUT2D eigenvalue weighted by Crippen LogP contribution is 2.30. The molecule has 1 atom stereocenters. The molecule has 1 aliphatic rings. The Morgan fingerprint density at radius 2 is 2.08 bits per heavy atom. The van der Waals surface area contributed by atoms with Crippen LogP contribution in [0.2, 0.25) is 0 Å². The Hall–Kier alpha value is -2.76. The van der Waals surface area contributed by atoms with Crippen LogP contribution in [0.4, 0.5) is 0 Å². The van der Waals surface area contributed by atoms with E-state index in [2.05, 4.69) is 15.3 Å². The number of rotatable bonds is 5.